The Morgan fingerprint density at radius 1 is 1.42 bits per heavy atom. The third-order valence-corrected chi connectivity index (χ3v) is 2.34. The van der Waals surface area contributed by atoms with Gasteiger partial charge in [-0.1, -0.05) is 0 Å². The molecular formula is C8H15N3O. The second-order valence-electron chi connectivity index (χ2n) is 3.39. The van der Waals surface area contributed by atoms with Crippen molar-refractivity contribution in [2.75, 3.05) is 13.1 Å². The molecule has 0 aromatic carbocycles. The minimum atomic E-state index is 0.134. The number of piperidine rings is 1. The van der Waals surface area contributed by atoms with Crippen molar-refractivity contribution in [3.05, 3.63) is 0 Å². The molecule has 4 nitrogen and oxygen atoms in total. The van der Waals surface area contributed by atoms with Gasteiger partial charge in [0.2, 0.25) is 5.90 Å². The predicted molar refractivity (Wildman–Crippen MR) is 46.7 cm³/mol. The molecule has 1 unspecified atom stereocenters. The van der Waals surface area contributed by atoms with Crippen LogP contribution in [-0.2, 0) is 4.84 Å². The van der Waals surface area contributed by atoms with Gasteiger partial charge in [-0.15, -0.1) is 5.48 Å². The van der Waals surface area contributed by atoms with Crippen molar-refractivity contribution in [3.8, 4) is 0 Å². The summed E-state index contributed by atoms with van der Waals surface area (Å²) in [6.45, 7) is 4.16. The van der Waals surface area contributed by atoms with Crippen molar-refractivity contribution in [3.63, 3.8) is 0 Å². The molecule has 0 aromatic rings. The first-order valence-electron chi connectivity index (χ1n) is 4.57. The van der Waals surface area contributed by atoms with Gasteiger partial charge in [0.15, 0.2) is 0 Å². The monoisotopic (exact) mass is 169 g/mol. The zero-order valence-electron chi connectivity index (χ0n) is 7.34. The molecule has 0 spiro atoms. The fraction of sp³-hybridized carbons (Fsp3) is 0.875. The topological polar surface area (TPSA) is 45.7 Å². The second kappa shape index (κ2) is 3.41. The Hall–Kier alpha value is -0.610. The van der Waals surface area contributed by atoms with Gasteiger partial charge in [-0.05, 0) is 32.9 Å². The fourth-order valence-corrected chi connectivity index (χ4v) is 1.65. The van der Waals surface area contributed by atoms with E-state index in [1.165, 1.54) is 0 Å². The lowest BCUT2D eigenvalue weighted by atomic mass is 9.98. The largest absolute Gasteiger partial charge is 0.391 e. The van der Waals surface area contributed by atoms with E-state index >= 15 is 0 Å². The van der Waals surface area contributed by atoms with Gasteiger partial charge in [0.1, 0.15) is 6.17 Å². The summed E-state index contributed by atoms with van der Waals surface area (Å²) in [7, 11) is 0. The zero-order valence-corrected chi connectivity index (χ0v) is 7.34. The molecule has 0 amide bonds. The highest BCUT2D eigenvalue weighted by molar-refractivity contribution is 5.79. The van der Waals surface area contributed by atoms with Crippen LogP contribution in [0.4, 0.5) is 0 Å². The number of aliphatic imine (C=N–C) groups is 1. The van der Waals surface area contributed by atoms with Crippen LogP contribution in [0.15, 0.2) is 4.99 Å². The Morgan fingerprint density at radius 3 is 2.75 bits per heavy atom. The van der Waals surface area contributed by atoms with Crippen molar-refractivity contribution >= 4 is 5.90 Å². The number of nitrogens with one attached hydrogen (secondary N) is 2. The standard InChI is InChI=1S/C8H15N3O/c1-6-10-8(12-11-6)7-2-4-9-5-3-7/h6-7,9,11H,2-5H2,1H3. The van der Waals surface area contributed by atoms with Gasteiger partial charge >= 0.3 is 0 Å². The molecule has 0 aromatic heterocycles. The molecule has 4 heteroatoms. The van der Waals surface area contributed by atoms with Crippen LogP contribution in [0.1, 0.15) is 19.8 Å². The summed E-state index contributed by atoms with van der Waals surface area (Å²) >= 11 is 0. The third kappa shape index (κ3) is 1.59. The van der Waals surface area contributed by atoms with Crippen LogP contribution in [0.2, 0.25) is 0 Å². The van der Waals surface area contributed by atoms with Crippen LogP contribution in [0, 0.1) is 5.92 Å². The average Bonchev–Trinajstić information content (AvgIpc) is 2.54. The van der Waals surface area contributed by atoms with E-state index in [1.54, 1.807) is 0 Å². The quantitative estimate of drug-likeness (QED) is 0.592. The molecule has 2 aliphatic rings. The Kier molecular flexibility index (Phi) is 2.28. The van der Waals surface area contributed by atoms with E-state index in [4.69, 9.17) is 4.84 Å². The Balaban J connectivity index is 1.94. The normalized spacial score (nSPS) is 31.4. The number of hydrogen-bond donors (Lipinski definition) is 2. The molecule has 12 heavy (non-hydrogen) atoms. The molecule has 2 heterocycles. The lowest BCUT2D eigenvalue weighted by molar-refractivity contribution is 0.169. The van der Waals surface area contributed by atoms with E-state index in [2.05, 4.69) is 15.8 Å². The third-order valence-electron chi connectivity index (χ3n) is 2.34. The van der Waals surface area contributed by atoms with Gasteiger partial charge in [0, 0.05) is 5.92 Å². The van der Waals surface area contributed by atoms with E-state index < -0.39 is 0 Å². The number of nitrogens with zero attached hydrogens (tertiary/aromatic N) is 1. The van der Waals surface area contributed by atoms with Crippen LogP contribution in [0.3, 0.4) is 0 Å². The minimum absolute atomic E-state index is 0.134. The summed E-state index contributed by atoms with van der Waals surface area (Å²) < 4.78 is 0. The molecule has 1 saturated heterocycles. The van der Waals surface area contributed by atoms with E-state index in [0.717, 1.165) is 31.8 Å². The Bertz CT molecular complexity index is 187. The van der Waals surface area contributed by atoms with Crippen molar-refractivity contribution in [2.24, 2.45) is 10.9 Å². The van der Waals surface area contributed by atoms with Crippen LogP contribution < -0.4 is 10.8 Å². The highest BCUT2D eigenvalue weighted by Gasteiger charge is 2.25. The molecule has 1 fully saturated rings. The summed E-state index contributed by atoms with van der Waals surface area (Å²) in [6.07, 6.45) is 2.43. The molecule has 0 saturated carbocycles. The van der Waals surface area contributed by atoms with Gasteiger partial charge in [0.05, 0.1) is 0 Å². The minimum Gasteiger partial charge on any atom is -0.391 e. The summed E-state index contributed by atoms with van der Waals surface area (Å²) in [5.41, 5.74) is 2.84. The van der Waals surface area contributed by atoms with Crippen LogP contribution in [-0.4, -0.2) is 25.2 Å². The second-order valence-corrected chi connectivity index (χ2v) is 3.39. The first kappa shape index (κ1) is 8.01. The van der Waals surface area contributed by atoms with Crippen molar-refractivity contribution in [2.45, 2.75) is 25.9 Å². The maximum absolute atomic E-state index is 5.28. The Morgan fingerprint density at radius 2 is 2.17 bits per heavy atom. The first-order chi connectivity index (χ1) is 5.86. The molecule has 68 valence electrons. The van der Waals surface area contributed by atoms with Crippen LogP contribution >= 0.6 is 0 Å². The molecule has 2 rings (SSSR count). The fourth-order valence-electron chi connectivity index (χ4n) is 1.65. The van der Waals surface area contributed by atoms with E-state index in [9.17, 15) is 0 Å². The average molecular weight is 169 g/mol. The molecule has 0 radical (unpaired) electrons. The molecule has 0 aliphatic carbocycles. The maximum atomic E-state index is 5.28. The number of hydroxylamine groups is 1. The number of hydrogen-bond acceptors (Lipinski definition) is 4. The lowest BCUT2D eigenvalue weighted by Gasteiger charge is -2.20. The lowest BCUT2D eigenvalue weighted by Crippen LogP contribution is -2.32. The van der Waals surface area contributed by atoms with E-state index in [1.807, 2.05) is 6.92 Å². The molecule has 2 aliphatic heterocycles. The first-order valence-corrected chi connectivity index (χ1v) is 4.57. The summed E-state index contributed by atoms with van der Waals surface area (Å²) in [5.74, 6) is 1.44. The van der Waals surface area contributed by atoms with Gasteiger partial charge in [-0.3, -0.25) is 0 Å². The van der Waals surface area contributed by atoms with E-state index in [-0.39, 0.29) is 6.17 Å². The Labute approximate surface area is 72.3 Å². The summed E-state index contributed by atoms with van der Waals surface area (Å²) in [6, 6.07) is 0. The number of rotatable bonds is 1. The maximum Gasteiger partial charge on any atom is 0.214 e. The highest BCUT2D eigenvalue weighted by Crippen LogP contribution is 2.17. The summed E-state index contributed by atoms with van der Waals surface area (Å²) in [4.78, 5) is 9.64. The molecule has 1 atom stereocenters. The van der Waals surface area contributed by atoms with Crippen molar-refractivity contribution in [1.82, 2.24) is 10.8 Å². The van der Waals surface area contributed by atoms with Crippen LogP contribution in [0.5, 0.6) is 0 Å². The van der Waals surface area contributed by atoms with Gasteiger partial charge in [-0.25, -0.2) is 4.99 Å². The van der Waals surface area contributed by atoms with Crippen LogP contribution in [0.25, 0.3) is 0 Å². The molecule has 0 bridgehead atoms. The van der Waals surface area contributed by atoms with Gasteiger partial charge in [-0.2, -0.15) is 0 Å². The van der Waals surface area contributed by atoms with Gasteiger partial charge in [0.25, 0.3) is 0 Å². The van der Waals surface area contributed by atoms with E-state index in [0.29, 0.717) is 5.92 Å². The zero-order chi connectivity index (χ0) is 8.39. The summed E-state index contributed by atoms with van der Waals surface area (Å²) in [5, 5.41) is 3.32. The van der Waals surface area contributed by atoms with Crippen molar-refractivity contribution in [1.29, 1.82) is 0 Å². The molecule has 2 N–H and O–H groups in total. The van der Waals surface area contributed by atoms with Crippen molar-refractivity contribution < 1.29 is 4.84 Å². The predicted octanol–water partition coefficient (Wildman–Crippen LogP) is 0.265. The molecular weight excluding hydrogens is 154 g/mol. The highest BCUT2D eigenvalue weighted by atomic mass is 16.7. The smallest absolute Gasteiger partial charge is 0.214 e. The SMILES string of the molecule is CC1N=C(C2CCNCC2)ON1. The van der Waals surface area contributed by atoms with Gasteiger partial charge < -0.3 is 10.2 Å².